The van der Waals surface area contributed by atoms with Gasteiger partial charge in [0.05, 0.1) is 26.4 Å². The molecule has 0 bridgehead atoms. The summed E-state index contributed by atoms with van der Waals surface area (Å²) in [6.07, 6.45) is 44.6. The lowest BCUT2D eigenvalue weighted by Crippen LogP contribution is -2.30. The molecule has 0 aromatic heterocycles. The minimum absolute atomic E-state index is 0.104. The Balaban J connectivity index is 5.22. The molecule has 19 heteroatoms. The number of unbranched alkanes of at least 4 members (excludes halogenated alkanes) is 35. The Morgan fingerprint density at radius 3 is 0.681 bits per heavy atom. The second-order valence-corrected chi connectivity index (χ2v) is 30.8. The first-order valence-electron chi connectivity index (χ1n) is 37.2. The molecular formula is C72H140O17P2. The van der Waals surface area contributed by atoms with Crippen molar-refractivity contribution in [2.24, 2.45) is 23.7 Å². The van der Waals surface area contributed by atoms with Crippen LogP contribution in [-0.4, -0.2) is 96.7 Å². The Labute approximate surface area is 556 Å². The number of ether oxygens (including phenoxy) is 4. The summed E-state index contributed by atoms with van der Waals surface area (Å²) in [4.78, 5) is 72.6. The van der Waals surface area contributed by atoms with Crippen LogP contribution in [0.3, 0.4) is 0 Å². The first kappa shape index (κ1) is 89.1. The van der Waals surface area contributed by atoms with Gasteiger partial charge < -0.3 is 33.8 Å². The van der Waals surface area contributed by atoms with E-state index in [0.717, 1.165) is 114 Å². The highest BCUT2D eigenvalue weighted by molar-refractivity contribution is 7.47. The largest absolute Gasteiger partial charge is 0.472 e. The lowest BCUT2D eigenvalue weighted by atomic mass is 10.0. The second-order valence-electron chi connectivity index (χ2n) is 27.9. The summed E-state index contributed by atoms with van der Waals surface area (Å²) in [7, 11) is -9.90. The minimum Gasteiger partial charge on any atom is -0.462 e. The topological polar surface area (TPSA) is 237 Å². The Bertz CT molecular complexity index is 1800. The number of esters is 4. The Morgan fingerprint density at radius 2 is 0.462 bits per heavy atom. The maximum Gasteiger partial charge on any atom is 0.472 e. The van der Waals surface area contributed by atoms with E-state index >= 15 is 0 Å². The van der Waals surface area contributed by atoms with Crippen molar-refractivity contribution in [1.29, 1.82) is 0 Å². The fourth-order valence-corrected chi connectivity index (χ4v) is 12.4. The number of carbonyl (C=O) groups excluding carboxylic acids is 4. The summed E-state index contributed by atoms with van der Waals surface area (Å²) >= 11 is 0. The molecular weight excluding hydrogens is 1200 g/mol. The van der Waals surface area contributed by atoms with Gasteiger partial charge in [0.2, 0.25) is 0 Å². The van der Waals surface area contributed by atoms with E-state index in [0.29, 0.717) is 31.6 Å². The van der Waals surface area contributed by atoms with E-state index < -0.39 is 97.5 Å². The SMILES string of the molecule is CC(C)CCCCCCCCCCCCCCCCCC(=O)O[C@H](COC(=O)CCCCCCCCCCC(C)C)COP(=O)(O)OC[C@@H](O)COP(=O)(O)OC[C@@H](COC(=O)CCCCCCCCC(C)C)OC(=O)CCCCCCCCCCCCC(C)C. The molecule has 540 valence electrons. The van der Waals surface area contributed by atoms with Gasteiger partial charge in [-0.2, -0.15) is 0 Å². The molecule has 0 spiro atoms. The number of phosphoric acid groups is 2. The zero-order valence-electron chi connectivity index (χ0n) is 59.5. The number of aliphatic hydroxyl groups is 1. The lowest BCUT2D eigenvalue weighted by molar-refractivity contribution is -0.161. The summed E-state index contributed by atoms with van der Waals surface area (Å²) in [5.41, 5.74) is 0. The van der Waals surface area contributed by atoms with Crippen LogP contribution in [0.1, 0.15) is 357 Å². The van der Waals surface area contributed by atoms with Crippen LogP contribution in [-0.2, 0) is 65.4 Å². The molecule has 0 heterocycles. The third-order valence-corrected chi connectivity index (χ3v) is 18.5. The molecule has 0 aromatic carbocycles. The van der Waals surface area contributed by atoms with Crippen molar-refractivity contribution >= 4 is 39.5 Å². The summed E-state index contributed by atoms with van der Waals surface area (Å²) in [5.74, 6) is 0.831. The maximum atomic E-state index is 13.0. The molecule has 91 heavy (non-hydrogen) atoms. The van der Waals surface area contributed by atoms with E-state index in [1.54, 1.807) is 0 Å². The normalized spacial score (nSPS) is 14.2. The van der Waals surface area contributed by atoms with Gasteiger partial charge in [-0.25, -0.2) is 9.13 Å². The number of rotatable bonds is 69. The molecule has 0 aliphatic carbocycles. The summed E-state index contributed by atoms with van der Waals surface area (Å²) in [5, 5.41) is 10.6. The predicted octanol–water partition coefficient (Wildman–Crippen LogP) is 20.5. The van der Waals surface area contributed by atoms with E-state index in [-0.39, 0.29) is 25.7 Å². The monoisotopic (exact) mass is 1340 g/mol. The average Bonchev–Trinajstić information content (AvgIpc) is 3.64. The molecule has 0 aliphatic rings. The van der Waals surface area contributed by atoms with Crippen LogP contribution in [0.4, 0.5) is 0 Å². The molecule has 3 N–H and O–H groups in total. The van der Waals surface area contributed by atoms with Crippen LogP contribution < -0.4 is 0 Å². The highest BCUT2D eigenvalue weighted by atomic mass is 31.2. The molecule has 5 atom stereocenters. The van der Waals surface area contributed by atoms with Crippen molar-refractivity contribution in [2.45, 2.75) is 375 Å². The molecule has 0 aliphatic heterocycles. The highest BCUT2D eigenvalue weighted by Gasteiger charge is 2.30. The van der Waals surface area contributed by atoms with Gasteiger partial charge in [-0.3, -0.25) is 37.3 Å². The predicted molar refractivity (Wildman–Crippen MR) is 367 cm³/mol. The molecule has 2 unspecified atom stereocenters. The Kier molecular flexibility index (Phi) is 60.3. The summed E-state index contributed by atoms with van der Waals surface area (Å²) < 4.78 is 68.3. The van der Waals surface area contributed by atoms with E-state index in [1.165, 1.54) is 154 Å². The average molecular weight is 1340 g/mol. The van der Waals surface area contributed by atoms with Crippen LogP contribution in [0.25, 0.3) is 0 Å². The van der Waals surface area contributed by atoms with Crippen LogP contribution in [0, 0.1) is 23.7 Å². The van der Waals surface area contributed by atoms with Gasteiger partial charge >= 0.3 is 39.5 Å². The third kappa shape index (κ3) is 66.5. The van der Waals surface area contributed by atoms with Crippen LogP contribution in [0.5, 0.6) is 0 Å². The molecule has 0 radical (unpaired) electrons. The number of carbonyl (C=O) groups is 4. The van der Waals surface area contributed by atoms with Gasteiger partial charge in [0.15, 0.2) is 12.2 Å². The van der Waals surface area contributed by atoms with Gasteiger partial charge in [0.1, 0.15) is 19.3 Å². The van der Waals surface area contributed by atoms with Crippen molar-refractivity contribution in [3.05, 3.63) is 0 Å². The molecule has 0 aromatic rings. The van der Waals surface area contributed by atoms with Crippen molar-refractivity contribution in [1.82, 2.24) is 0 Å². The van der Waals surface area contributed by atoms with Crippen molar-refractivity contribution in [3.8, 4) is 0 Å². The fourth-order valence-electron chi connectivity index (χ4n) is 10.8. The molecule has 0 rings (SSSR count). The van der Waals surface area contributed by atoms with Gasteiger partial charge in [-0.1, -0.05) is 306 Å². The first-order valence-corrected chi connectivity index (χ1v) is 40.2. The minimum atomic E-state index is -4.95. The lowest BCUT2D eigenvalue weighted by Gasteiger charge is -2.21. The first-order chi connectivity index (χ1) is 43.6. The van der Waals surface area contributed by atoms with E-state index in [9.17, 15) is 43.2 Å². The Morgan fingerprint density at radius 1 is 0.275 bits per heavy atom. The summed E-state index contributed by atoms with van der Waals surface area (Å²) in [6.45, 7) is 14.1. The van der Waals surface area contributed by atoms with Crippen molar-refractivity contribution in [2.75, 3.05) is 39.6 Å². The van der Waals surface area contributed by atoms with Crippen LogP contribution in [0.15, 0.2) is 0 Å². The zero-order valence-corrected chi connectivity index (χ0v) is 61.3. The van der Waals surface area contributed by atoms with Gasteiger partial charge in [-0.15, -0.1) is 0 Å². The number of hydrogen-bond acceptors (Lipinski definition) is 15. The van der Waals surface area contributed by atoms with Crippen molar-refractivity contribution in [3.63, 3.8) is 0 Å². The maximum absolute atomic E-state index is 13.0. The molecule has 0 fully saturated rings. The van der Waals surface area contributed by atoms with E-state index in [2.05, 4.69) is 55.4 Å². The van der Waals surface area contributed by atoms with E-state index in [4.69, 9.17) is 37.0 Å². The zero-order chi connectivity index (χ0) is 67.5. The fraction of sp³-hybridized carbons (Fsp3) is 0.944. The highest BCUT2D eigenvalue weighted by Crippen LogP contribution is 2.45. The van der Waals surface area contributed by atoms with Crippen LogP contribution >= 0.6 is 15.6 Å². The second kappa shape index (κ2) is 61.6. The molecule has 0 saturated carbocycles. The van der Waals surface area contributed by atoms with Gasteiger partial charge in [-0.05, 0) is 49.4 Å². The van der Waals surface area contributed by atoms with Gasteiger partial charge in [0.25, 0.3) is 0 Å². The van der Waals surface area contributed by atoms with Crippen LogP contribution in [0.2, 0.25) is 0 Å². The smallest absolute Gasteiger partial charge is 0.462 e. The molecule has 17 nitrogen and oxygen atoms in total. The Hall–Kier alpha value is -1.94. The van der Waals surface area contributed by atoms with E-state index in [1.807, 2.05) is 0 Å². The quantitative estimate of drug-likeness (QED) is 0.0222. The number of aliphatic hydroxyl groups excluding tert-OH is 1. The standard InChI is InChI=1S/C72H140O17P2/c1-62(2)48-40-32-24-18-14-12-10-9-11-13-15-20-28-38-46-54-71(76)88-67(58-82-69(74)52-44-36-27-23-22-26-34-42-50-64(5)6)60-86-90(78,79)84-56-66(73)57-85-91(80,81)87-61-68(59-83-70(75)53-45-37-31-30-35-43-51-65(7)8)89-72(77)55-47-39-29-21-17-16-19-25-33-41-49-63(3)4/h62-68,73H,9-61H2,1-8H3,(H,78,79)(H,80,81)/t66-,67-,68-/m1/s1. The number of phosphoric ester groups is 2. The van der Waals surface area contributed by atoms with Crippen molar-refractivity contribution < 1.29 is 80.2 Å². The third-order valence-electron chi connectivity index (χ3n) is 16.6. The molecule has 0 amide bonds. The van der Waals surface area contributed by atoms with Gasteiger partial charge in [0, 0.05) is 25.7 Å². The number of hydrogen-bond donors (Lipinski definition) is 3. The molecule has 0 saturated heterocycles. The summed E-state index contributed by atoms with van der Waals surface area (Å²) in [6, 6.07) is 0.